The molecule has 9 heteroatoms. The summed E-state index contributed by atoms with van der Waals surface area (Å²) in [6.45, 7) is 4.72. The summed E-state index contributed by atoms with van der Waals surface area (Å²) >= 11 is 3.42. The molecular weight excluding hydrogens is 542 g/mol. The fourth-order valence-electron chi connectivity index (χ4n) is 4.48. The average molecular weight is 573 g/mol. The molecule has 0 unspecified atom stereocenters. The van der Waals surface area contributed by atoms with Gasteiger partial charge in [-0.3, -0.25) is 13.9 Å². The Morgan fingerprint density at radius 3 is 2.44 bits per heavy atom. The highest BCUT2D eigenvalue weighted by molar-refractivity contribution is 9.10. The maximum Gasteiger partial charge on any atom is 0.265 e. The summed E-state index contributed by atoms with van der Waals surface area (Å²) in [6, 6.07) is 17.8. The van der Waals surface area contributed by atoms with Crippen molar-refractivity contribution in [2.45, 2.75) is 50.6 Å². The highest BCUT2D eigenvalue weighted by Gasteiger charge is 2.35. The van der Waals surface area contributed by atoms with Crippen molar-refractivity contribution in [1.82, 2.24) is 10.2 Å². The van der Waals surface area contributed by atoms with E-state index in [-0.39, 0.29) is 24.8 Å². The molecule has 1 heterocycles. The molecule has 4 rings (SSSR count). The van der Waals surface area contributed by atoms with Crippen LogP contribution in [0.2, 0.25) is 0 Å². The zero-order chi connectivity index (χ0) is 25.9. The van der Waals surface area contributed by atoms with Crippen molar-refractivity contribution in [1.29, 1.82) is 0 Å². The Hall–Kier alpha value is -2.91. The van der Waals surface area contributed by atoms with Gasteiger partial charge in [-0.2, -0.15) is 0 Å². The molecule has 0 saturated heterocycles. The SMILES string of the molecule is CCCNC(=O)[C@H](C)N(Cc1ccc(Br)cc1)C(=O)CCCN1c2cccc3cccc(c23)S1(=O)=O. The number of benzene rings is 3. The normalized spacial score (nSPS) is 14.6. The summed E-state index contributed by atoms with van der Waals surface area (Å²) in [7, 11) is -3.67. The molecule has 2 amide bonds. The summed E-state index contributed by atoms with van der Waals surface area (Å²) in [5.74, 6) is -0.393. The Balaban J connectivity index is 1.48. The van der Waals surface area contributed by atoms with Crippen molar-refractivity contribution in [3.8, 4) is 0 Å². The number of hydrogen-bond donors (Lipinski definition) is 1. The highest BCUT2D eigenvalue weighted by atomic mass is 79.9. The van der Waals surface area contributed by atoms with E-state index in [2.05, 4.69) is 21.2 Å². The van der Waals surface area contributed by atoms with E-state index < -0.39 is 16.1 Å². The summed E-state index contributed by atoms with van der Waals surface area (Å²) in [4.78, 5) is 27.9. The van der Waals surface area contributed by atoms with Gasteiger partial charge < -0.3 is 10.2 Å². The van der Waals surface area contributed by atoms with E-state index in [4.69, 9.17) is 0 Å². The van der Waals surface area contributed by atoms with Crippen LogP contribution in [0.4, 0.5) is 5.69 Å². The summed E-state index contributed by atoms with van der Waals surface area (Å²) in [5.41, 5.74) is 1.56. The van der Waals surface area contributed by atoms with Gasteiger partial charge >= 0.3 is 0 Å². The Morgan fingerprint density at radius 1 is 1.06 bits per heavy atom. The van der Waals surface area contributed by atoms with E-state index in [9.17, 15) is 18.0 Å². The molecule has 0 aliphatic carbocycles. The lowest BCUT2D eigenvalue weighted by atomic mass is 10.1. The van der Waals surface area contributed by atoms with Crippen molar-refractivity contribution in [2.75, 3.05) is 17.4 Å². The molecule has 1 atom stereocenters. The van der Waals surface area contributed by atoms with Crippen LogP contribution in [0, 0.1) is 0 Å². The van der Waals surface area contributed by atoms with Crippen LogP contribution in [0.5, 0.6) is 0 Å². The number of rotatable bonds is 10. The van der Waals surface area contributed by atoms with Gasteiger partial charge in [0, 0.05) is 35.9 Å². The van der Waals surface area contributed by atoms with Crippen molar-refractivity contribution in [3.63, 3.8) is 0 Å². The molecule has 3 aromatic carbocycles. The molecular formula is C27H30BrN3O4S. The number of halogens is 1. The lowest BCUT2D eigenvalue weighted by Crippen LogP contribution is -2.47. The molecule has 0 saturated carbocycles. The van der Waals surface area contributed by atoms with E-state index in [0.717, 1.165) is 27.2 Å². The van der Waals surface area contributed by atoms with E-state index >= 15 is 0 Å². The minimum absolute atomic E-state index is 0.125. The minimum atomic E-state index is -3.67. The van der Waals surface area contributed by atoms with Crippen molar-refractivity contribution in [3.05, 3.63) is 70.7 Å². The second-order valence-electron chi connectivity index (χ2n) is 8.93. The quantitative estimate of drug-likeness (QED) is 0.377. The summed E-state index contributed by atoms with van der Waals surface area (Å²) in [5, 5.41) is 4.47. The van der Waals surface area contributed by atoms with Crippen LogP contribution < -0.4 is 9.62 Å². The monoisotopic (exact) mass is 571 g/mol. The first-order chi connectivity index (χ1) is 17.2. The first kappa shape index (κ1) is 26.2. The van der Waals surface area contributed by atoms with Gasteiger partial charge in [0.25, 0.3) is 10.0 Å². The van der Waals surface area contributed by atoms with E-state index in [1.807, 2.05) is 49.4 Å². The molecule has 7 nitrogen and oxygen atoms in total. The van der Waals surface area contributed by atoms with Gasteiger partial charge in [0.1, 0.15) is 6.04 Å². The lowest BCUT2D eigenvalue weighted by molar-refractivity contribution is -0.140. The molecule has 3 aromatic rings. The zero-order valence-corrected chi connectivity index (χ0v) is 22.8. The van der Waals surface area contributed by atoms with E-state index in [1.54, 1.807) is 30.0 Å². The Morgan fingerprint density at radius 2 is 1.75 bits per heavy atom. The number of amides is 2. The summed E-state index contributed by atoms with van der Waals surface area (Å²) < 4.78 is 28.8. The Labute approximate surface area is 220 Å². The molecule has 36 heavy (non-hydrogen) atoms. The second-order valence-corrected chi connectivity index (χ2v) is 11.7. The van der Waals surface area contributed by atoms with Crippen molar-refractivity contribution in [2.24, 2.45) is 0 Å². The van der Waals surface area contributed by atoms with Gasteiger partial charge in [-0.05, 0) is 55.0 Å². The van der Waals surface area contributed by atoms with Gasteiger partial charge in [0.15, 0.2) is 0 Å². The third kappa shape index (κ3) is 5.27. The van der Waals surface area contributed by atoms with Crippen LogP contribution in [0.1, 0.15) is 38.7 Å². The van der Waals surface area contributed by atoms with Gasteiger partial charge in [0.05, 0.1) is 10.6 Å². The molecule has 190 valence electrons. The van der Waals surface area contributed by atoms with E-state index in [1.165, 1.54) is 4.31 Å². The topological polar surface area (TPSA) is 86.8 Å². The summed E-state index contributed by atoms with van der Waals surface area (Å²) in [6.07, 6.45) is 1.27. The minimum Gasteiger partial charge on any atom is -0.354 e. The number of carbonyl (C=O) groups is 2. The van der Waals surface area contributed by atoms with Crippen LogP contribution >= 0.6 is 15.9 Å². The molecule has 0 bridgehead atoms. The smallest absolute Gasteiger partial charge is 0.265 e. The number of carbonyl (C=O) groups excluding carboxylic acids is 2. The molecule has 0 radical (unpaired) electrons. The van der Waals surface area contributed by atoms with Crippen LogP contribution in [0.15, 0.2) is 70.0 Å². The first-order valence-corrected chi connectivity index (χ1v) is 14.3. The maximum absolute atomic E-state index is 13.3. The zero-order valence-electron chi connectivity index (χ0n) is 20.4. The van der Waals surface area contributed by atoms with Crippen LogP contribution in [-0.2, 0) is 26.2 Å². The third-order valence-electron chi connectivity index (χ3n) is 6.42. The van der Waals surface area contributed by atoms with Crippen LogP contribution in [-0.4, -0.2) is 44.3 Å². The van der Waals surface area contributed by atoms with Gasteiger partial charge in [0.2, 0.25) is 11.8 Å². The standard InChI is InChI=1S/C27H30BrN3O4S/c1-3-16-29-27(33)19(2)30(18-20-12-14-22(28)15-13-20)25(32)11-6-17-31-23-9-4-7-21-8-5-10-24(26(21)23)36(31,34)35/h4-5,7-10,12-15,19H,3,6,11,16-18H2,1-2H3,(H,29,33)/t19-/m0/s1. The number of nitrogens with zero attached hydrogens (tertiary/aromatic N) is 2. The first-order valence-electron chi connectivity index (χ1n) is 12.1. The van der Waals surface area contributed by atoms with Gasteiger partial charge in [-0.15, -0.1) is 0 Å². The van der Waals surface area contributed by atoms with Gasteiger partial charge in [-0.25, -0.2) is 8.42 Å². The van der Waals surface area contributed by atoms with Gasteiger partial charge in [-0.1, -0.05) is 59.3 Å². The average Bonchev–Trinajstić information content (AvgIpc) is 3.09. The molecule has 0 aromatic heterocycles. The predicted molar refractivity (Wildman–Crippen MR) is 145 cm³/mol. The van der Waals surface area contributed by atoms with Crippen molar-refractivity contribution < 1.29 is 18.0 Å². The highest BCUT2D eigenvalue weighted by Crippen LogP contribution is 2.42. The lowest BCUT2D eigenvalue weighted by Gasteiger charge is -2.29. The Bertz CT molecular complexity index is 1370. The Kier molecular flexibility index (Phi) is 8.00. The molecule has 1 aliphatic rings. The van der Waals surface area contributed by atoms with Crippen LogP contribution in [0.25, 0.3) is 10.8 Å². The fraction of sp³-hybridized carbons (Fsp3) is 0.333. The maximum atomic E-state index is 13.3. The molecule has 0 fully saturated rings. The van der Waals surface area contributed by atoms with Crippen molar-refractivity contribution >= 4 is 54.2 Å². The number of nitrogens with one attached hydrogen (secondary N) is 1. The van der Waals surface area contributed by atoms with Crippen LogP contribution in [0.3, 0.4) is 0 Å². The number of anilines is 1. The third-order valence-corrected chi connectivity index (χ3v) is 8.80. The second kappa shape index (κ2) is 11.0. The fourth-order valence-corrected chi connectivity index (χ4v) is 6.49. The number of hydrogen-bond acceptors (Lipinski definition) is 4. The number of sulfonamides is 1. The molecule has 1 N–H and O–H groups in total. The molecule has 1 aliphatic heterocycles. The van der Waals surface area contributed by atoms with E-state index in [0.29, 0.717) is 30.1 Å². The molecule has 0 spiro atoms. The largest absolute Gasteiger partial charge is 0.354 e. The predicted octanol–water partition coefficient (Wildman–Crippen LogP) is 4.83.